The highest BCUT2D eigenvalue weighted by molar-refractivity contribution is 6.30. The lowest BCUT2D eigenvalue weighted by atomic mass is 10.2. The van der Waals surface area contributed by atoms with Crippen LogP contribution in [-0.2, 0) is 4.79 Å². The summed E-state index contributed by atoms with van der Waals surface area (Å²) in [6.07, 6.45) is -0.954. The van der Waals surface area contributed by atoms with Crippen molar-refractivity contribution in [1.82, 2.24) is 10.1 Å². The molecule has 3 aromatic rings. The zero-order valence-electron chi connectivity index (χ0n) is 13.1. The number of nitrogens with zero attached hydrogens (tertiary/aromatic N) is 2. The first-order valence-electron chi connectivity index (χ1n) is 7.34. The molecule has 0 aliphatic heterocycles. The number of hydrogen-bond donors (Lipinski definition) is 1. The molecule has 1 heterocycles. The van der Waals surface area contributed by atoms with Crippen LogP contribution in [-0.4, -0.2) is 22.2 Å². The van der Waals surface area contributed by atoms with Gasteiger partial charge in [-0.05, 0) is 42.4 Å². The summed E-state index contributed by atoms with van der Waals surface area (Å²) < 4.78 is 23.9. The lowest BCUT2D eigenvalue weighted by molar-refractivity contribution is -0.122. The predicted octanol–water partition coefficient (Wildman–Crippen LogP) is 3.94. The Kier molecular flexibility index (Phi) is 4.95. The van der Waals surface area contributed by atoms with Gasteiger partial charge in [0.1, 0.15) is 0 Å². The Hall–Kier alpha value is -2.93. The van der Waals surface area contributed by atoms with E-state index in [-0.39, 0.29) is 17.6 Å². The van der Waals surface area contributed by atoms with Gasteiger partial charge in [0.2, 0.25) is 0 Å². The van der Waals surface area contributed by atoms with Crippen LogP contribution in [0.15, 0.2) is 53.1 Å². The number of aromatic nitrogens is 2. The number of benzene rings is 2. The molecule has 1 N–H and O–H groups in total. The predicted molar refractivity (Wildman–Crippen MR) is 89.9 cm³/mol. The molecule has 25 heavy (non-hydrogen) atoms. The van der Waals surface area contributed by atoms with Crippen LogP contribution in [0.2, 0.25) is 5.02 Å². The smallest absolute Gasteiger partial charge is 0.270 e. The molecule has 6 nitrogen and oxygen atoms in total. The van der Waals surface area contributed by atoms with Crippen LogP contribution in [0.25, 0.3) is 11.5 Å². The van der Waals surface area contributed by atoms with Gasteiger partial charge in [-0.2, -0.15) is 4.98 Å². The molecule has 0 radical (unpaired) electrons. The maximum Gasteiger partial charge on any atom is 0.270 e. The first-order valence-corrected chi connectivity index (χ1v) is 7.72. The van der Waals surface area contributed by atoms with E-state index in [0.717, 1.165) is 0 Å². The molecule has 1 amide bonds. The van der Waals surface area contributed by atoms with Crippen molar-refractivity contribution < 1.29 is 18.4 Å². The van der Waals surface area contributed by atoms with Gasteiger partial charge < -0.3 is 9.26 Å². The molecule has 0 saturated carbocycles. The standard InChI is InChI=1S/C17H13ClFN3O3/c1-10(24-14-8-3-2-7-13(14)19)15(23)20-17-21-16(25-22-17)11-5-4-6-12(18)9-11/h2-10H,1H3,(H,20,22,23). The fraction of sp³-hybridized carbons (Fsp3) is 0.118. The molecule has 1 aromatic heterocycles. The van der Waals surface area contributed by atoms with Crippen LogP contribution in [0.4, 0.5) is 10.3 Å². The topological polar surface area (TPSA) is 77.2 Å². The molecule has 3 rings (SSSR count). The third kappa shape index (κ3) is 4.13. The van der Waals surface area contributed by atoms with Crippen molar-refractivity contribution in [2.24, 2.45) is 0 Å². The second kappa shape index (κ2) is 7.31. The number of halogens is 2. The number of anilines is 1. The third-order valence-corrected chi connectivity index (χ3v) is 3.48. The number of rotatable bonds is 5. The first-order chi connectivity index (χ1) is 12.0. The lowest BCUT2D eigenvalue weighted by Gasteiger charge is -2.13. The minimum absolute atomic E-state index is 0.0159. The largest absolute Gasteiger partial charge is 0.478 e. The van der Waals surface area contributed by atoms with Crippen molar-refractivity contribution in [3.63, 3.8) is 0 Å². The van der Waals surface area contributed by atoms with Gasteiger partial charge in [0.15, 0.2) is 17.7 Å². The van der Waals surface area contributed by atoms with E-state index in [9.17, 15) is 9.18 Å². The molecule has 0 bridgehead atoms. The van der Waals surface area contributed by atoms with E-state index in [1.54, 1.807) is 30.3 Å². The fourth-order valence-corrected chi connectivity index (χ4v) is 2.20. The quantitative estimate of drug-likeness (QED) is 0.744. The summed E-state index contributed by atoms with van der Waals surface area (Å²) in [5.74, 6) is -0.922. The van der Waals surface area contributed by atoms with Crippen molar-refractivity contribution in [1.29, 1.82) is 0 Å². The van der Waals surface area contributed by atoms with E-state index in [0.29, 0.717) is 10.6 Å². The van der Waals surface area contributed by atoms with Gasteiger partial charge in [-0.1, -0.05) is 29.8 Å². The van der Waals surface area contributed by atoms with Crippen LogP contribution in [0.1, 0.15) is 6.92 Å². The van der Waals surface area contributed by atoms with Crippen molar-refractivity contribution in [2.45, 2.75) is 13.0 Å². The zero-order valence-corrected chi connectivity index (χ0v) is 13.8. The van der Waals surface area contributed by atoms with Gasteiger partial charge >= 0.3 is 0 Å². The number of para-hydroxylation sites is 1. The highest BCUT2D eigenvalue weighted by atomic mass is 35.5. The van der Waals surface area contributed by atoms with Gasteiger partial charge in [-0.15, -0.1) is 0 Å². The van der Waals surface area contributed by atoms with E-state index < -0.39 is 17.8 Å². The maximum absolute atomic E-state index is 13.6. The molecule has 0 aliphatic carbocycles. The van der Waals surface area contributed by atoms with Crippen LogP contribution in [0, 0.1) is 5.82 Å². The summed E-state index contributed by atoms with van der Waals surface area (Å²) in [7, 11) is 0. The van der Waals surface area contributed by atoms with Gasteiger partial charge in [-0.25, -0.2) is 4.39 Å². The minimum atomic E-state index is -0.954. The minimum Gasteiger partial charge on any atom is -0.478 e. The number of amides is 1. The summed E-state index contributed by atoms with van der Waals surface area (Å²) in [6, 6.07) is 12.7. The average molecular weight is 362 g/mol. The van der Waals surface area contributed by atoms with Crippen LogP contribution in [0.3, 0.4) is 0 Å². The SMILES string of the molecule is CC(Oc1ccccc1F)C(=O)Nc1noc(-c2cccc(Cl)c2)n1. The fourth-order valence-electron chi connectivity index (χ4n) is 2.01. The molecule has 0 spiro atoms. The molecule has 0 aliphatic rings. The van der Waals surface area contributed by atoms with Crippen molar-refractivity contribution in [3.8, 4) is 17.2 Å². The molecule has 1 unspecified atom stereocenters. The molecule has 2 aromatic carbocycles. The lowest BCUT2D eigenvalue weighted by Crippen LogP contribution is -2.30. The maximum atomic E-state index is 13.6. The molecule has 8 heteroatoms. The van der Waals surface area contributed by atoms with Gasteiger partial charge in [-0.3, -0.25) is 10.1 Å². The molecule has 0 fully saturated rings. The number of carbonyl (C=O) groups excluding carboxylic acids is 1. The summed E-state index contributed by atoms with van der Waals surface area (Å²) >= 11 is 5.91. The summed E-state index contributed by atoms with van der Waals surface area (Å²) in [4.78, 5) is 16.2. The van der Waals surface area contributed by atoms with Gasteiger partial charge in [0.05, 0.1) is 0 Å². The van der Waals surface area contributed by atoms with E-state index >= 15 is 0 Å². The third-order valence-electron chi connectivity index (χ3n) is 3.24. The summed E-state index contributed by atoms with van der Waals surface area (Å²) in [5.41, 5.74) is 0.621. The Morgan fingerprint density at radius 2 is 2.08 bits per heavy atom. The molecular weight excluding hydrogens is 349 g/mol. The van der Waals surface area contributed by atoms with Gasteiger partial charge in [0.25, 0.3) is 17.7 Å². The molecular formula is C17H13ClFN3O3. The monoisotopic (exact) mass is 361 g/mol. The highest BCUT2D eigenvalue weighted by Crippen LogP contribution is 2.22. The Bertz CT molecular complexity index is 900. The Morgan fingerprint density at radius 1 is 1.28 bits per heavy atom. The Labute approximate surface area is 147 Å². The van der Waals surface area contributed by atoms with E-state index in [1.807, 2.05) is 0 Å². The van der Waals surface area contributed by atoms with Crippen LogP contribution in [0.5, 0.6) is 5.75 Å². The van der Waals surface area contributed by atoms with Crippen LogP contribution < -0.4 is 10.1 Å². The van der Waals surface area contributed by atoms with Crippen molar-refractivity contribution >= 4 is 23.5 Å². The molecule has 0 saturated heterocycles. The highest BCUT2D eigenvalue weighted by Gasteiger charge is 2.19. The number of hydrogen-bond acceptors (Lipinski definition) is 5. The average Bonchev–Trinajstić information content (AvgIpc) is 3.05. The zero-order chi connectivity index (χ0) is 17.8. The van der Waals surface area contributed by atoms with E-state index in [4.69, 9.17) is 20.9 Å². The van der Waals surface area contributed by atoms with Crippen molar-refractivity contribution in [2.75, 3.05) is 5.32 Å². The Morgan fingerprint density at radius 3 is 2.84 bits per heavy atom. The first kappa shape index (κ1) is 16.9. The number of nitrogens with one attached hydrogen (secondary N) is 1. The van der Waals surface area contributed by atoms with Crippen molar-refractivity contribution in [3.05, 3.63) is 59.4 Å². The van der Waals surface area contributed by atoms with E-state index in [2.05, 4.69) is 15.5 Å². The van der Waals surface area contributed by atoms with E-state index in [1.165, 1.54) is 25.1 Å². The molecule has 1 atom stereocenters. The summed E-state index contributed by atoms with van der Waals surface area (Å²) in [5, 5.41) is 6.65. The second-order valence-corrected chi connectivity index (χ2v) is 5.55. The Balaban J connectivity index is 1.66. The van der Waals surface area contributed by atoms with Gasteiger partial charge in [0, 0.05) is 10.6 Å². The normalized spacial score (nSPS) is 11.8. The number of ether oxygens (including phenoxy) is 1. The summed E-state index contributed by atoms with van der Waals surface area (Å²) in [6.45, 7) is 1.49. The second-order valence-electron chi connectivity index (χ2n) is 5.11. The molecule has 128 valence electrons. The van der Waals surface area contributed by atoms with Crippen LogP contribution >= 0.6 is 11.6 Å². The number of carbonyl (C=O) groups is 1.